The van der Waals surface area contributed by atoms with Crippen molar-refractivity contribution in [3.8, 4) is 6.07 Å². The second kappa shape index (κ2) is 6.73. The molecule has 0 saturated heterocycles. The number of thiazole rings is 1. The van der Waals surface area contributed by atoms with Crippen LogP contribution in [0.3, 0.4) is 0 Å². The minimum Gasteiger partial charge on any atom is -0.357 e. The summed E-state index contributed by atoms with van der Waals surface area (Å²) in [6.45, 7) is 1.85. The van der Waals surface area contributed by atoms with Crippen LogP contribution in [-0.4, -0.2) is 32.8 Å². The number of anilines is 1. The average molecular weight is 351 g/mol. The second-order valence-corrected chi connectivity index (χ2v) is 8.03. The fraction of sp³-hybridized carbons (Fsp3) is 0.462. The van der Waals surface area contributed by atoms with Gasteiger partial charge >= 0.3 is 0 Å². The standard InChI is InChI=1S/C13H13N5OS3/c1-7-5-20-11(15-7)9(4-14)10(19)6-21-13-18-17-12(22-13)16-8-2-3-8/h5,8-9H,2-3,6H2,1H3,(H,16,17)/t9-/m1/s1. The van der Waals surface area contributed by atoms with E-state index >= 15 is 0 Å². The van der Waals surface area contributed by atoms with Crippen molar-refractivity contribution in [1.82, 2.24) is 15.2 Å². The summed E-state index contributed by atoms with van der Waals surface area (Å²) in [7, 11) is 0. The third-order valence-electron chi connectivity index (χ3n) is 2.98. The van der Waals surface area contributed by atoms with Gasteiger partial charge in [-0.3, -0.25) is 4.79 Å². The number of aryl methyl sites for hydroxylation is 1. The van der Waals surface area contributed by atoms with Crippen molar-refractivity contribution in [3.05, 3.63) is 16.1 Å². The fourth-order valence-corrected chi connectivity index (χ4v) is 4.31. The van der Waals surface area contributed by atoms with Gasteiger partial charge < -0.3 is 5.32 Å². The molecular weight excluding hydrogens is 338 g/mol. The Balaban J connectivity index is 1.56. The van der Waals surface area contributed by atoms with Gasteiger partial charge in [-0.05, 0) is 19.8 Å². The highest BCUT2D eigenvalue weighted by molar-refractivity contribution is 8.01. The van der Waals surface area contributed by atoms with E-state index in [-0.39, 0.29) is 11.5 Å². The van der Waals surface area contributed by atoms with Crippen molar-refractivity contribution in [3.63, 3.8) is 0 Å². The molecule has 0 radical (unpaired) electrons. The van der Waals surface area contributed by atoms with Crippen molar-refractivity contribution in [2.24, 2.45) is 0 Å². The summed E-state index contributed by atoms with van der Waals surface area (Å²) in [4.78, 5) is 16.4. The quantitative estimate of drug-likeness (QED) is 0.767. The summed E-state index contributed by atoms with van der Waals surface area (Å²) in [5, 5.41) is 23.8. The Bertz CT molecular complexity index is 715. The van der Waals surface area contributed by atoms with E-state index in [1.807, 2.05) is 18.4 Å². The van der Waals surface area contributed by atoms with Crippen molar-refractivity contribution in [2.75, 3.05) is 11.1 Å². The normalized spacial score (nSPS) is 15.3. The number of hydrogen-bond acceptors (Lipinski definition) is 9. The van der Waals surface area contributed by atoms with Gasteiger partial charge in [0.05, 0.1) is 11.8 Å². The summed E-state index contributed by atoms with van der Waals surface area (Å²) >= 11 is 4.12. The molecular formula is C13H13N5OS3. The number of thioether (sulfide) groups is 1. The van der Waals surface area contributed by atoms with Crippen LogP contribution in [0, 0.1) is 18.3 Å². The number of carbonyl (C=O) groups excluding carboxylic acids is 1. The Kier molecular flexibility index (Phi) is 4.71. The van der Waals surface area contributed by atoms with Gasteiger partial charge in [-0.2, -0.15) is 5.26 Å². The molecule has 0 bridgehead atoms. The van der Waals surface area contributed by atoms with Crippen LogP contribution in [-0.2, 0) is 4.79 Å². The highest BCUT2D eigenvalue weighted by Crippen LogP contribution is 2.31. The number of nitrogens with one attached hydrogen (secondary N) is 1. The molecule has 6 nitrogen and oxygen atoms in total. The van der Waals surface area contributed by atoms with Gasteiger partial charge in [0.25, 0.3) is 0 Å². The van der Waals surface area contributed by atoms with Crippen LogP contribution in [0.4, 0.5) is 5.13 Å². The molecule has 1 aliphatic rings. The minimum absolute atomic E-state index is 0.145. The molecule has 1 N–H and O–H groups in total. The monoisotopic (exact) mass is 351 g/mol. The lowest BCUT2D eigenvalue weighted by Gasteiger charge is -2.03. The van der Waals surface area contributed by atoms with E-state index < -0.39 is 5.92 Å². The number of hydrogen-bond donors (Lipinski definition) is 1. The van der Waals surface area contributed by atoms with Gasteiger partial charge in [0.15, 0.2) is 16.0 Å². The van der Waals surface area contributed by atoms with Gasteiger partial charge in [0.1, 0.15) is 5.01 Å². The maximum absolute atomic E-state index is 12.2. The van der Waals surface area contributed by atoms with Crippen molar-refractivity contribution in [2.45, 2.75) is 36.1 Å². The van der Waals surface area contributed by atoms with Crippen LogP contribution < -0.4 is 5.32 Å². The number of ketones is 1. The highest BCUT2D eigenvalue weighted by Gasteiger charge is 2.25. The molecule has 0 spiro atoms. The van der Waals surface area contributed by atoms with E-state index in [1.54, 1.807) is 0 Å². The van der Waals surface area contributed by atoms with Gasteiger partial charge in [-0.25, -0.2) is 4.98 Å². The first-order valence-corrected chi connectivity index (χ1v) is 9.41. The fourth-order valence-electron chi connectivity index (χ4n) is 1.71. The minimum atomic E-state index is -0.789. The first-order chi connectivity index (χ1) is 10.7. The number of Topliss-reactive ketones (excluding diaryl/α,β-unsaturated/α-hetero) is 1. The Labute approximate surface area is 140 Å². The SMILES string of the molecule is Cc1csc([C@H](C#N)C(=O)CSc2nnc(NC3CC3)s2)n1. The molecule has 9 heteroatoms. The molecule has 2 aromatic heterocycles. The molecule has 22 heavy (non-hydrogen) atoms. The summed E-state index contributed by atoms with van der Waals surface area (Å²) < 4.78 is 0.739. The molecule has 1 atom stereocenters. The lowest BCUT2D eigenvalue weighted by molar-refractivity contribution is -0.116. The van der Waals surface area contributed by atoms with Crippen LogP contribution >= 0.6 is 34.4 Å². The Morgan fingerprint density at radius 1 is 1.59 bits per heavy atom. The number of nitriles is 1. The average Bonchev–Trinajstić information content (AvgIpc) is 3.02. The second-order valence-electron chi connectivity index (χ2n) is 4.94. The van der Waals surface area contributed by atoms with E-state index in [4.69, 9.17) is 0 Å². The van der Waals surface area contributed by atoms with Crippen LogP contribution in [0.15, 0.2) is 9.72 Å². The summed E-state index contributed by atoms with van der Waals surface area (Å²) in [6, 6.07) is 2.58. The third-order valence-corrected chi connectivity index (χ3v) is 6.02. The number of nitrogens with zero attached hydrogens (tertiary/aromatic N) is 4. The van der Waals surface area contributed by atoms with E-state index in [9.17, 15) is 10.1 Å². The van der Waals surface area contributed by atoms with Crippen molar-refractivity contribution in [1.29, 1.82) is 5.26 Å². The zero-order chi connectivity index (χ0) is 15.5. The zero-order valence-corrected chi connectivity index (χ0v) is 14.2. The summed E-state index contributed by atoms with van der Waals surface area (Å²) in [6.07, 6.45) is 2.36. The number of aromatic nitrogens is 3. The maximum atomic E-state index is 12.2. The summed E-state index contributed by atoms with van der Waals surface area (Å²) in [5.41, 5.74) is 0.834. The van der Waals surface area contributed by atoms with Crippen LogP contribution in [0.1, 0.15) is 29.5 Å². The molecule has 114 valence electrons. The van der Waals surface area contributed by atoms with Crippen molar-refractivity contribution >= 4 is 45.4 Å². The Morgan fingerprint density at radius 3 is 3.05 bits per heavy atom. The van der Waals surface area contributed by atoms with Crippen LogP contribution in [0.25, 0.3) is 0 Å². The highest BCUT2D eigenvalue weighted by atomic mass is 32.2. The van der Waals surface area contributed by atoms with Crippen molar-refractivity contribution < 1.29 is 4.79 Å². The Hall–Kier alpha value is -1.50. The van der Waals surface area contributed by atoms with Gasteiger partial charge in [-0.1, -0.05) is 23.1 Å². The van der Waals surface area contributed by atoms with Gasteiger partial charge in [-0.15, -0.1) is 21.5 Å². The Morgan fingerprint density at radius 2 is 2.41 bits per heavy atom. The molecule has 2 aromatic rings. The summed E-state index contributed by atoms with van der Waals surface area (Å²) in [5.74, 6) is -0.730. The maximum Gasteiger partial charge on any atom is 0.206 e. The van der Waals surface area contributed by atoms with E-state index in [0.717, 1.165) is 15.2 Å². The predicted octanol–water partition coefficient (Wildman–Crippen LogP) is 2.85. The van der Waals surface area contributed by atoms with E-state index in [1.165, 1.54) is 47.3 Å². The largest absolute Gasteiger partial charge is 0.357 e. The predicted molar refractivity (Wildman–Crippen MR) is 87.5 cm³/mol. The molecule has 0 aromatic carbocycles. The molecule has 0 unspecified atom stereocenters. The molecule has 0 aliphatic heterocycles. The number of rotatable bonds is 7. The van der Waals surface area contributed by atoms with Gasteiger partial charge in [0.2, 0.25) is 5.13 Å². The molecule has 2 heterocycles. The van der Waals surface area contributed by atoms with E-state index in [2.05, 4.69) is 20.5 Å². The molecule has 1 saturated carbocycles. The topological polar surface area (TPSA) is 91.6 Å². The number of carbonyl (C=O) groups is 1. The van der Waals surface area contributed by atoms with E-state index in [0.29, 0.717) is 11.0 Å². The smallest absolute Gasteiger partial charge is 0.206 e. The molecule has 3 rings (SSSR count). The third kappa shape index (κ3) is 3.82. The molecule has 1 aliphatic carbocycles. The van der Waals surface area contributed by atoms with Crippen LogP contribution in [0.5, 0.6) is 0 Å². The first kappa shape index (κ1) is 15.4. The van der Waals surface area contributed by atoms with Gasteiger partial charge in [0, 0.05) is 17.1 Å². The lowest BCUT2D eigenvalue weighted by atomic mass is 10.1. The molecule has 1 fully saturated rings. The molecule has 0 amide bonds. The van der Waals surface area contributed by atoms with Crippen LogP contribution in [0.2, 0.25) is 0 Å². The first-order valence-electron chi connectivity index (χ1n) is 6.73. The lowest BCUT2D eigenvalue weighted by Crippen LogP contribution is -2.13. The zero-order valence-electron chi connectivity index (χ0n) is 11.8.